The van der Waals surface area contributed by atoms with Crippen molar-refractivity contribution < 1.29 is 8.42 Å². The highest BCUT2D eigenvalue weighted by Crippen LogP contribution is 2.32. The molecule has 2 aromatic heterocycles. The molecule has 0 spiro atoms. The minimum Gasteiger partial charge on any atom is -0.353 e. The minimum absolute atomic E-state index is 0.0431. The van der Waals surface area contributed by atoms with Crippen LogP contribution in [-0.4, -0.2) is 58.7 Å². The van der Waals surface area contributed by atoms with Gasteiger partial charge in [0, 0.05) is 33.2 Å². The number of hydrogen-bond donors (Lipinski definition) is 0. The van der Waals surface area contributed by atoms with E-state index in [4.69, 9.17) is 23.2 Å². The van der Waals surface area contributed by atoms with Gasteiger partial charge in [-0.2, -0.15) is 9.40 Å². The summed E-state index contributed by atoms with van der Waals surface area (Å²) < 4.78 is 29.1. The van der Waals surface area contributed by atoms with Crippen LogP contribution in [0.5, 0.6) is 0 Å². The average molecular weight is 427 g/mol. The molecule has 1 aliphatic heterocycles. The normalized spacial score (nSPS) is 16.2. The average Bonchev–Trinajstić information content (AvgIpc) is 3.03. The maximum Gasteiger partial charge on any atom is 0.246 e. The van der Waals surface area contributed by atoms with Crippen molar-refractivity contribution in [2.24, 2.45) is 7.05 Å². The number of halogens is 2. The summed E-state index contributed by atoms with van der Waals surface area (Å²) in [6.07, 6.45) is 3.21. The van der Waals surface area contributed by atoms with Crippen molar-refractivity contribution in [2.45, 2.75) is 4.90 Å². The molecule has 1 saturated heterocycles. The van der Waals surface area contributed by atoms with Crippen LogP contribution in [-0.2, 0) is 17.1 Å². The van der Waals surface area contributed by atoms with Crippen molar-refractivity contribution >= 4 is 50.1 Å². The van der Waals surface area contributed by atoms with E-state index < -0.39 is 10.0 Å². The van der Waals surface area contributed by atoms with Crippen molar-refractivity contribution in [3.05, 3.63) is 40.8 Å². The second-order valence-electron chi connectivity index (χ2n) is 6.14. The fourth-order valence-corrected chi connectivity index (χ4v) is 5.71. The van der Waals surface area contributed by atoms with Gasteiger partial charge < -0.3 is 4.90 Å². The first-order valence-corrected chi connectivity index (χ1v) is 10.4. The van der Waals surface area contributed by atoms with Crippen molar-refractivity contribution in [1.82, 2.24) is 24.1 Å². The van der Waals surface area contributed by atoms with Crippen LogP contribution < -0.4 is 4.90 Å². The quantitative estimate of drug-likeness (QED) is 0.637. The standard InChI is InChI=1S/C16H16Cl2N6O2S/c1-22-15-11(9-21-22)16(20-10-19-15)23-5-7-24(8-6-23)27(25,26)14-12(17)3-2-4-13(14)18/h2-4,9-10H,5-8H2,1H3. The molecule has 142 valence electrons. The monoisotopic (exact) mass is 426 g/mol. The molecule has 0 N–H and O–H groups in total. The molecule has 3 aromatic rings. The van der Waals surface area contributed by atoms with E-state index in [0.29, 0.717) is 26.2 Å². The molecule has 0 amide bonds. The molecular weight excluding hydrogens is 411 g/mol. The molecule has 0 atom stereocenters. The number of benzene rings is 1. The topological polar surface area (TPSA) is 84.2 Å². The summed E-state index contributed by atoms with van der Waals surface area (Å²) in [6.45, 7) is 1.58. The number of rotatable bonds is 3. The van der Waals surface area contributed by atoms with E-state index in [1.165, 1.54) is 22.8 Å². The highest BCUT2D eigenvalue weighted by Gasteiger charge is 2.32. The SMILES string of the molecule is Cn1ncc2c(N3CCN(S(=O)(=O)c4c(Cl)cccc4Cl)CC3)ncnc21. The maximum absolute atomic E-state index is 13.0. The third kappa shape index (κ3) is 3.14. The molecule has 4 rings (SSSR count). The molecule has 0 bridgehead atoms. The maximum atomic E-state index is 13.0. The van der Waals surface area contributed by atoms with E-state index in [1.54, 1.807) is 16.9 Å². The molecule has 27 heavy (non-hydrogen) atoms. The van der Waals surface area contributed by atoms with Gasteiger partial charge in [0.1, 0.15) is 17.0 Å². The van der Waals surface area contributed by atoms with Crippen molar-refractivity contribution in [2.75, 3.05) is 31.1 Å². The second kappa shape index (κ2) is 6.90. The van der Waals surface area contributed by atoms with Crippen LogP contribution in [0.4, 0.5) is 5.82 Å². The molecule has 0 saturated carbocycles. The van der Waals surface area contributed by atoms with E-state index in [0.717, 1.165) is 16.9 Å². The van der Waals surface area contributed by atoms with Crippen LogP contribution in [0.2, 0.25) is 10.0 Å². The van der Waals surface area contributed by atoms with Gasteiger partial charge in [0.2, 0.25) is 10.0 Å². The van der Waals surface area contributed by atoms with Gasteiger partial charge in [0.25, 0.3) is 0 Å². The summed E-state index contributed by atoms with van der Waals surface area (Å²) in [5, 5.41) is 5.30. The molecule has 0 aliphatic carbocycles. The van der Waals surface area contributed by atoms with Crippen molar-refractivity contribution in [3.8, 4) is 0 Å². The van der Waals surface area contributed by atoms with Gasteiger partial charge in [-0.1, -0.05) is 29.3 Å². The second-order valence-corrected chi connectivity index (χ2v) is 8.83. The van der Waals surface area contributed by atoms with E-state index in [2.05, 4.69) is 15.1 Å². The van der Waals surface area contributed by atoms with Crippen LogP contribution in [0, 0.1) is 0 Å². The molecule has 1 aliphatic rings. The van der Waals surface area contributed by atoms with Gasteiger partial charge in [-0.3, -0.25) is 4.68 Å². The number of nitrogens with zero attached hydrogens (tertiary/aromatic N) is 6. The van der Waals surface area contributed by atoms with Crippen LogP contribution in [0.25, 0.3) is 11.0 Å². The molecule has 0 unspecified atom stereocenters. The zero-order valence-corrected chi connectivity index (χ0v) is 16.7. The third-order valence-corrected chi connectivity index (χ3v) is 7.42. The van der Waals surface area contributed by atoms with Gasteiger partial charge in [0.15, 0.2) is 5.65 Å². The molecule has 0 radical (unpaired) electrons. The predicted molar refractivity (Wildman–Crippen MR) is 104 cm³/mol. The summed E-state index contributed by atoms with van der Waals surface area (Å²) in [6, 6.07) is 4.67. The number of fused-ring (bicyclic) bond motifs is 1. The van der Waals surface area contributed by atoms with Crippen LogP contribution in [0.15, 0.2) is 35.6 Å². The van der Waals surface area contributed by atoms with Crippen LogP contribution >= 0.6 is 23.2 Å². The summed E-state index contributed by atoms with van der Waals surface area (Å²) in [5.74, 6) is 0.751. The third-order valence-electron chi connectivity index (χ3n) is 4.56. The number of hydrogen-bond acceptors (Lipinski definition) is 6. The fraction of sp³-hybridized carbons (Fsp3) is 0.312. The first kappa shape index (κ1) is 18.4. The van der Waals surface area contributed by atoms with Crippen LogP contribution in [0.3, 0.4) is 0 Å². The van der Waals surface area contributed by atoms with E-state index in [-0.39, 0.29) is 14.9 Å². The Labute approximate surface area is 166 Å². The lowest BCUT2D eigenvalue weighted by Crippen LogP contribution is -2.49. The summed E-state index contributed by atoms with van der Waals surface area (Å²) >= 11 is 12.2. The number of aryl methyl sites for hydroxylation is 1. The molecule has 1 fully saturated rings. The lowest BCUT2D eigenvalue weighted by atomic mass is 10.3. The molecular formula is C16H16Cl2N6O2S. The van der Waals surface area contributed by atoms with Crippen molar-refractivity contribution in [1.29, 1.82) is 0 Å². The number of aromatic nitrogens is 4. The molecule has 8 nitrogen and oxygen atoms in total. The Morgan fingerprint density at radius 3 is 2.37 bits per heavy atom. The lowest BCUT2D eigenvalue weighted by Gasteiger charge is -2.35. The Hall–Kier alpha value is -1.94. The van der Waals surface area contributed by atoms with E-state index in [9.17, 15) is 8.42 Å². The Kier molecular flexibility index (Phi) is 4.71. The molecule has 3 heterocycles. The largest absolute Gasteiger partial charge is 0.353 e. The van der Waals surface area contributed by atoms with E-state index in [1.807, 2.05) is 11.9 Å². The van der Waals surface area contributed by atoms with Crippen LogP contribution in [0.1, 0.15) is 0 Å². The Morgan fingerprint density at radius 2 is 1.70 bits per heavy atom. The van der Waals surface area contributed by atoms with Gasteiger partial charge in [-0.05, 0) is 12.1 Å². The first-order chi connectivity index (χ1) is 12.9. The highest BCUT2D eigenvalue weighted by atomic mass is 35.5. The highest BCUT2D eigenvalue weighted by molar-refractivity contribution is 7.89. The Morgan fingerprint density at radius 1 is 1.04 bits per heavy atom. The summed E-state index contributed by atoms with van der Waals surface area (Å²) in [7, 11) is -1.96. The Bertz CT molecular complexity index is 1090. The lowest BCUT2D eigenvalue weighted by molar-refractivity contribution is 0.384. The summed E-state index contributed by atoms with van der Waals surface area (Å²) in [5.41, 5.74) is 0.734. The van der Waals surface area contributed by atoms with Crippen molar-refractivity contribution in [3.63, 3.8) is 0 Å². The van der Waals surface area contributed by atoms with E-state index >= 15 is 0 Å². The summed E-state index contributed by atoms with van der Waals surface area (Å²) in [4.78, 5) is 10.6. The fourth-order valence-electron chi connectivity index (χ4n) is 3.20. The molecule has 11 heteroatoms. The number of anilines is 1. The number of piperazine rings is 1. The van der Waals surface area contributed by atoms with Gasteiger partial charge in [0.05, 0.1) is 21.6 Å². The van der Waals surface area contributed by atoms with Gasteiger partial charge in [-0.25, -0.2) is 18.4 Å². The predicted octanol–water partition coefficient (Wildman–Crippen LogP) is 2.18. The Balaban J connectivity index is 1.58. The first-order valence-electron chi connectivity index (χ1n) is 8.21. The zero-order valence-electron chi connectivity index (χ0n) is 14.4. The van der Waals surface area contributed by atoms with Gasteiger partial charge in [-0.15, -0.1) is 0 Å². The van der Waals surface area contributed by atoms with Gasteiger partial charge >= 0.3 is 0 Å². The zero-order chi connectivity index (χ0) is 19.2. The minimum atomic E-state index is -3.77. The molecule has 1 aromatic carbocycles. The smallest absolute Gasteiger partial charge is 0.246 e. The number of sulfonamides is 1.